The maximum Gasteiger partial charge on any atom is 0.0590 e. The molecule has 1 unspecified atom stereocenters. The molecule has 1 fully saturated rings. The van der Waals surface area contributed by atoms with Gasteiger partial charge in [-0.15, -0.1) is 0 Å². The number of halogens is 1. The fourth-order valence-corrected chi connectivity index (χ4v) is 2.21. The molecule has 2 nitrogen and oxygen atoms in total. The van der Waals surface area contributed by atoms with E-state index in [9.17, 15) is 0 Å². The van der Waals surface area contributed by atoms with Crippen molar-refractivity contribution in [1.82, 2.24) is 5.32 Å². The molecule has 0 aliphatic heterocycles. The highest BCUT2D eigenvalue weighted by Crippen LogP contribution is 2.41. The number of hydrogen-bond donors (Lipinski definition) is 1. The summed E-state index contributed by atoms with van der Waals surface area (Å²) in [6, 6.07) is 8.65. The van der Waals surface area contributed by atoms with Crippen molar-refractivity contribution in [3.05, 3.63) is 34.9 Å². The predicted molar refractivity (Wildman–Crippen MR) is 71.4 cm³/mol. The topological polar surface area (TPSA) is 21.3 Å². The molecule has 1 N–H and O–H groups in total. The second kappa shape index (κ2) is 6.39. The summed E-state index contributed by atoms with van der Waals surface area (Å²) in [5, 5.41) is 4.39. The quantitative estimate of drug-likeness (QED) is 0.752. The van der Waals surface area contributed by atoms with Crippen LogP contribution in [0.3, 0.4) is 0 Å². The third-order valence-electron chi connectivity index (χ3n) is 3.14. The van der Waals surface area contributed by atoms with E-state index in [0.717, 1.165) is 30.7 Å². The van der Waals surface area contributed by atoms with E-state index in [-0.39, 0.29) is 0 Å². The first kappa shape index (κ1) is 12.9. The van der Waals surface area contributed by atoms with Crippen molar-refractivity contribution >= 4 is 11.6 Å². The van der Waals surface area contributed by atoms with Crippen LogP contribution in [0.2, 0.25) is 5.02 Å². The zero-order valence-corrected chi connectivity index (χ0v) is 11.0. The van der Waals surface area contributed by atoms with Crippen molar-refractivity contribution in [3.8, 4) is 0 Å². The molecule has 94 valence electrons. The molecule has 2 rings (SSSR count). The first-order valence-corrected chi connectivity index (χ1v) is 6.75. The predicted octanol–water partition coefficient (Wildman–Crippen LogP) is 3.42. The lowest BCUT2D eigenvalue weighted by Gasteiger charge is -2.18. The van der Waals surface area contributed by atoms with Crippen molar-refractivity contribution < 1.29 is 4.74 Å². The van der Waals surface area contributed by atoms with Crippen molar-refractivity contribution in [2.75, 3.05) is 19.8 Å². The summed E-state index contributed by atoms with van der Waals surface area (Å²) in [6.45, 7) is 4.51. The molecule has 0 saturated heterocycles. The second-order valence-electron chi connectivity index (χ2n) is 4.52. The van der Waals surface area contributed by atoms with Gasteiger partial charge in [-0.25, -0.2) is 0 Å². The lowest BCUT2D eigenvalue weighted by Crippen LogP contribution is -2.26. The lowest BCUT2D eigenvalue weighted by atomic mass is 10.0. The minimum atomic E-state index is 0.465. The normalized spacial score (nSPS) is 17.1. The van der Waals surface area contributed by atoms with E-state index in [0.29, 0.717) is 6.04 Å². The van der Waals surface area contributed by atoms with Gasteiger partial charge in [-0.2, -0.15) is 0 Å². The molecule has 1 aliphatic carbocycles. The van der Waals surface area contributed by atoms with Gasteiger partial charge in [0.05, 0.1) is 6.61 Å². The Morgan fingerprint density at radius 1 is 1.35 bits per heavy atom. The summed E-state index contributed by atoms with van der Waals surface area (Å²) in [5.41, 5.74) is 1.34. The Labute approximate surface area is 108 Å². The molecule has 1 atom stereocenters. The molecule has 0 amide bonds. The number of rotatable bonds is 7. The Bertz CT molecular complexity index is 335. The van der Waals surface area contributed by atoms with Crippen molar-refractivity contribution in [1.29, 1.82) is 0 Å². The van der Waals surface area contributed by atoms with Gasteiger partial charge in [0.1, 0.15) is 0 Å². The zero-order chi connectivity index (χ0) is 12.1. The maximum absolute atomic E-state index is 5.92. The Morgan fingerprint density at radius 2 is 2.06 bits per heavy atom. The summed E-state index contributed by atoms with van der Waals surface area (Å²) in [5.74, 6) is 0.790. The van der Waals surface area contributed by atoms with Gasteiger partial charge in [0.15, 0.2) is 0 Å². The minimum absolute atomic E-state index is 0.465. The van der Waals surface area contributed by atoms with Gasteiger partial charge < -0.3 is 10.1 Å². The van der Waals surface area contributed by atoms with E-state index >= 15 is 0 Å². The molecule has 3 heteroatoms. The van der Waals surface area contributed by atoms with Crippen LogP contribution in [-0.4, -0.2) is 19.8 Å². The number of hydrogen-bond acceptors (Lipinski definition) is 2. The molecule has 0 radical (unpaired) electrons. The molecule has 0 spiro atoms. The number of benzene rings is 1. The molecule has 1 aromatic rings. The Kier molecular flexibility index (Phi) is 4.84. The lowest BCUT2D eigenvalue weighted by molar-refractivity contribution is 0.146. The fraction of sp³-hybridized carbons (Fsp3) is 0.571. The van der Waals surface area contributed by atoms with Crippen LogP contribution in [0.4, 0.5) is 0 Å². The third kappa shape index (κ3) is 3.98. The molecule has 0 bridgehead atoms. The minimum Gasteiger partial charge on any atom is -0.380 e. The van der Waals surface area contributed by atoms with E-state index < -0.39 is 0 Å². The van der Waals surface area contributed by atoms with Crippen LogP contribution in [-0.2, 0) is 4.74 Å². The van der Waals surface area contributed by atoms with Crippen LogP contribution in [0, 0.1) is 5.92 Å². The molecule has 1 aliphatic rings. The first-order chi connectivity index (χ1) is 8.31. The average Bonchev–Trinajstić information content (AvgIpc) is 3.15. The molecule has 0 heterocycles. The van der Waals surface area contributed by atoms with Gasteiger partial charge in [0.25, 0.3) is 0 Å². The highest BCUT2D eigenvalue weighted by Gasteiger charge is 2.31. The van der Waals surface area contributed by atoms with Crippen LogP contribution in [0.25, 0.3) is 0 Å². The van der Waals surface area contributed by atoms with E-state index in [1.807, 2.05) is 19.1 Å². The van der Waals surface area contributed by atoms with Gasteiger partial charge in [-0.1, -0.05) is 23.7 Å². The average molecular weight is 254 g/mol. The smallest absolute Gasteiger partial charge is 0.0590 e. The van der Waals surface area contributed by atoms with Crippen molar-refractivity contribution in [3.63, 3.8) is 0 Å². The van der Waals surface area contributed by atoms with Crippen LogP contribution in [0.1, 0.15) is 31.4 Å². The Balaban J connectivity index is 1.90. The number of ether oxygens (including phenoxy) is 1. The van der Waals surface area contributed by atoms with Crippen LogP contribution < -0.4 is 5.32 Å². The number of nitrogens with one attached hydrogen (secondary N) is 1. The van der Waals surface area contributed by atoms with Crippen molar-refractivity contribution in [2.24, 2.45) is 5.92 Å². The van der Waals surface area contributed by atoms with Gasteiger partial charge >= 0.3 is 0 Å². The van der Waals surface area contributed by atoms with E-state index in [4.69, 9.17) is 16.3 Å². The summed E-state index contributed by atoms with van der Waals surface area (Å²) in [7, 11) is 0. The molecular weight excluding hydrogens is 234 g/mol. The summed E-state index contributed by atoms with van der Waals surface area (Å²) >= 11 is 5.92. The van der Waals surface area contributed by atoms with Gasteiger partial charge in [-0.3, -0.25) is 0 Å². The highest BCUT2D eigenvalue weighted by molar-refractivity contribution is 6.30. The van der Waals surface area contributed by atoms with E-state index in [1.165, 1.54) is 18.4 Å². The molecule has 1 saturated carbocycles. The van der Waals surface area contributed by atoms with E-state index in [1.54, 1.807) is 0 Å². The molecule has 1 aromatic carbocycles. The molecule has 0 aromatic heterocycles. The maximum atomic E-state index is 5.92. The SMILES string of the molecule is CCOCCNC(c1ccc(Cl)cc1)C1CC1. The summed E-state index contributed by atoms with van der Waals surface area (Å²) < 4.78 is 5.36. The first-order valence-electron chi connectivity index (χ1n) is 6.38. The zero-order valence-electron chi connectivity index (χ0n) is 10.3. The van der Waals surface area contributed by atoms with Crippen LogP contribution >= 0.6 is 11.6 Å². The Hall–Kier alpha value is -0.570. The molecular formula is C14H20ClNO. The monoisotopic (exact) mass is 253 g/mol. The second-order valence-corrected chi connectivity index (χ2v) is 4.95. The van der Waals surface area contributed by atoms with Crippen molar-refractivity contribution in [2.45, 2.75) is 25.8 Å². The fourth-order valence-electron chi connectivity index (χ4n) is 2.09. The van der Waals surface area contributed by atoms with Gasteiger partial charge in [0.2, 0.25) is 0 Å². The summed E-state index contributed by atoms with van der Waals surface area (Å²) in [4.78, 5) is 0. The van der Waals surface area contributed by atoms with Gasteiger partial charge in [0, 0.05) is 24.2 Å². The standard InChI is InChI=1S/C14H20ClNO/c1-2-17-10-9-16-14(11-3-4-11)12-5-7-13(15)8-6-12/h5-8,11,14,16H,2-4,9-10H2,1H3. The third-order valence-corrected chi connectivity index (χ3v) is 3.39. The highest BCUT2D eigenvalue weighted by atomic mass is 35.5. The molecule has 17 heavy (non-hydrogen) atoms. The van der Waals surface area contributed by atoms with E-state index in [2.05, 4.69) is 17.4 Å². The van der Waals surface area contributed by atoms with Crippen LogP contribution in [0.5, 0.6) is 0 Å². The summed E-state index contributed by atoms with van der Waals surface area (Å²) in [6.07, 6.45) is 2.66. The largest absolute Gasteiger partial charge is 0.380 e. The van der Waals surface area contributed by atoms with Gasteiger partial charge in [-0.05, 0) is 43.4 Å². The Morgan fingerprint density at radius 3 is 2.65 bits per heavy atom. The van der Waals surface area contributed by atoms with Crippen LogP contribution in [0.15, 0.2) is 24.3 Å².